The summed E-state index contributed by atoms with van der Waals surface area (Å²) in [4.78, 5) is 2.51. The number of rotatable bonds is 6. The first-order valence-corrected chi connectivity index (χ1v) is 7.79. The molecule has 0 aliphatic carbocycles. The zero-order chi connectivity index (χ0) is 15.5. The van der Waals surface area contributed by atoms with Crippen molar-refractivity contribution in [3.05, 3.63) is 42.0 Å². The van der Waals surface area contributed by atoms with Crippen LogP contribution >= 0.6 is 0 Å². The molecular weight excluding hydrogens is 260 g/mol. The van der Waals surface area contributed by atoms with Gasteiger partial charge in [-0.15, -0.1) is 6.58 Å². The van der Waals surface area contributed by atoms with E-state index in [4.69, 9.17) is 10.5 Å². The summed E-state index contributed by atoms with van der Waals surface area (Å²) < 4.78 is 5.25. The van der Waals surface area contributed by atoms with Crippen LogP contribution in [-0.4, -0.2) is 31.1 Å². The SMILES string of the molecule is C=C(C)CC(N)(c1ccc(OC)cc1)C(C)N1CCCC1. The zero-order valence-corrected chi connectivity index (χ0v) is 13.6. The summed E-state index contributed by atoms with van der Waals surface area (Å²) >= 11 is 0. The van der Waals surface area contributed by atoms with Crippen molar-refractivity contribution in [2.24, 2.45) is 5.73 Å². The van der Waals surface area contributed by atoms with Crippen LogP contribution in [0.5, 0.6) is 5.75 Å². The first-order chi connectivity index (χ1) is 9.97. The summed E-state index contributed by atoms with van der Waals surface area (Å²) in [5, 5.41) is 0. The van der Waals surface area contributed by atoms with Crippen LogP contribution in [-0.2, 0) is 5.54 Å². The summed E-state index contributed by atoms with van der Waals surface area (Å²) in [5.41, 5.74) is 8.77. The standard InChI is InChI=1S/C18H28N2O/c1-14(2)13-18(19,15(3)20-11-5-6-12-20)16-7-9-17(21-4)10-8-16/h7-10,15H,1,5-6,11-13,19H2,2-4H3. The summed E-state index contributed by atoms with van der Waals surface area (Å²) in [7, 11) is 1.69. The monoisotopic (exact) mass is 288 g/mol. The second-order valence-corrected chi connectivity index (χ2v) is 6.32. The Balaban J connectivity index is 2.31. The molecule has 2 rings (SSSR count). The molecule has 21 heavy (non-hydrogen) atoms. The third-order valence-corrected chi connectivity index (χ3v) is 4.66. The van der Waals surface area contributed by atoms with Gasteiger partial charge in [-0.3, -0.25) is 4.90 Å². The van der Waals surface area contributed by atoms with Gasteiger partial charge in [-0.05, 0) is 63.9 Å². The molecule has 2 atom stereocenters. The fourth-order valence-electron chi connectivity index (χ4n) is 3.35. The van der Waals surface area contributed by atoms with Crippen molar-refractivity contribution < 1.29 is 4.74 Å². The normalized spacial score (nSPS) is 20.0. The molecule has 116 valence electrons. The minimum absolute atomic E-state index is 0.296. The van der Waals surface area contributed by atoms with Crippen LogP contribution in [0, 0.1) is 0 Å². The largest absolute Gasteiger partial charge is 0.497 e. The number of benzene rings is 1. The van der Waals surface area contributed by atoms with Crippen molar-refractivity contribution in [1.82, 2.24) is 4.90 Å². The van der Waals surface area contributed by atoms with E-state index < -0.39 is 5.54 Å². The second kappa shape index (κ2) is 6.63. The van der Waals surface area contributed by atoms with Gasteiger partial charge in [0, 0.05) is 6.04 Å². The maximum absolute atomic E-state index is 6.89. The minimum Gasteiger partial charge on any atom is -0.497 e. The van der Waals surface area contributed by atoms with Crippen molar-refractivity contribution in [3.63, 3.8) is 0 Å². The third kappa shape index (κ3) is 3.47. The topological polar surface area (TPSA) is 38.5 Å². The Bertz CT molecular complexity index is 476. The lowest BCUT2D eigenvalue weighted by Gasteiger charge is -2.41. The van der Waals surface area contributed by atoms with E-state index in [-0.39, 0.29) is 0 Å². The van der Waals surface area contributed by atoms with Gasteiger partial charge in [-0.2, -0.15) is 0 Å². The van der Waals surface area contributed by atoms with Crippen LogP contribution in [0.15, 0.2) is 36.4 Å². The van der Waals surface area contributed by atoms with Gasteiger partial charge in [0.1, 0.15) is 5.75 Å². The van der Waals surface area contributed by atoms with E-state index in [1.165, 1.54) is 12.8 Å². The van der Waals surface area contributed by atoms with Crippen LogP contribution in [0.1, 0.15) is 38.7 Å². The van der Waals surface area contributed by atoms with E-state index in [2.05, 4.69) is 37.5 Å². The van der Waals surface area contributed by atoms with Gasteiger partial charge in [-0.1, -0.05) is 17.7 Å². The highest BCUT2D eigenvalue weighted by molar-refractivity contribution is 5.34. The molecule has 2 unspecified atom stereocenters. The van der Waals surface area contributed by atoms with Gasteiger partial charge in [-0.25, -0.2) is 0 Å². The van der Waals surface area contributed by atoms with Gasteiger partial charge in [0.15, 0.2) is 0 Å². The average molecular weight is 288 g/mol. The number of ether oxygens (including phenoxy) is 1. The number of methoxy groups -OCH3 is 1. The van der Waals surface area contributed by atoms with Crippen molar-refractivity contribution in [1.29, 1.82) is 0 Å². The fraction of sp³-hybridized carbons (Fsp3) is 0.556. The molecule has 0 spiro atoms. The molecule has 0 aromatic heterocycles. The van der Waals surface area contributed by atoms with Crippen LogP contribution < -0.4 is 10.5 Å². The highest BCUT2D eigenvalue weighted by atomic mass is 16.5. The Kier molecular flexibility index (Phi) is 5.07. The van der Waals surface area contributed by atoms with E-state index in [9.17, 15) is 0 Å². The molecule has 0 amide bonds. The molecule has 0 saturated carbocycles. The molecular formula is C18H28N2O. The van der Waals surface area contributed by atoms with E-state index in [1.54, 1.807) is 7.11 Å². The van der Waals surface area contributed by atoms with E-state index in [1.807, 2.05) is 12.1 Å². The quantitative estimate of drug-likeness (QED) is 0.816. The van der Waals surface area contributed by atoms with Gasteiger partial charge >= 0.3 is 0 Å². The van der Waals surface area contributed by atoms with Crippen LogP contribution in [0.3, 0.4) is 0 Å². The highest BCUT2D eigenvalue weighted by Crippen LogP contribution is 2.34. The van der Waals surface area contributed by atoms with E-state index in [0.717, 1.165) is 36.4 Å². The van der Waals surface area contributed by atoms with Crippen molar-refractivity contribution in [2.75, 3.05) is 20.2 Å². The van der Waals surface area contributed by atoms with Gasteiger partial charge in [0.05, 0.1) is 12.6 Å². The van der Waals surface area contributed by atoms with Crippen LogP contribution in [0.2, 0.25) is 0 Å². The van der Waals surface area contributed by atoms with Gasteiger partial charge in [0.25, 0.3) is 0 Å². The lowest BCUT2D eigenvalue weighted by Crippen LogP contribution is -2.54. The Labute approximate surface area is 128 Å². The Hall–Kier alpha value is -1.32. The molecule has 1 aromatic rings. The maximum atomic E-state index is 6.89. The molecule has 1 aliphatic heterocycles. The predicted octanol–water partition coefficient (Wildman–Crippen LogP) is 3.30. The molecule has 0 bridgehead atoms. The van der Waals surface area contributed by atoms with Crippen LogP contribution in [0.25, 0.3) is 0 Å². The van der Waals surface area contributed by atoms with E-state index >= 15 is 0 Å². The molecule has 3 nitrogen and oxygen atoms in total. The van der Waals surface area contributed by atoms with Crippen LogP contribution in [0.4, 0.5) is 0 Å². The molecule has 1 heterocycles. The number of hydrogen-bond donors (Lipinski definition) is 1. The summed E-state index contributed by atoms with van der Waals surface area (Å²) in [6.07, 6.45) is 3.35. The molecule has 1 aliphatic rings. The first kappa shape index (κ1) is 16.1. The Morgan fingerprint density at radius 1 is 1.33 bits per heavy atom. The van der Waals surface area contributed by atoms with Crippen molar-refractivity contribution >= 4 is 0 Å². The molecule has 0 radical (unpaired) electrons. The average Bonchev–Trinajstić information content (AvgIpc) is 2.99. The Morgan fingerprint density at radius 3 is 2.38 bits per heavy atom. The highest BCUT2D eigenvalue weighted by Gasteiger charge is 2.38. The van der Waals surface area contributed by atoms with E-state index in [0.29, 0.717) is 6.04 Å². The van der Waals surface area contributed by atoms with Gasteiger partial charge < -0.3 is 10.5 Å². The van der Waals surface area contributed by atoms with Gasteiger partial charge in [0.2, 0.25) is 0 Å². The number of nitrogens with two attached hydrogens (primary N) is 1. The second-order valence-electron chi connectivity index (χ2n) is 6.32. The van der Waals surface area contributed by atoms with Crippen molar-refractivity contribution in [2.45, 2.75) is 44.7 Å². The smallest absolute Gasteiger partial charge is 0.118 e. The number of hydrogen-bond acceptors (Lipinski definition) is 3. The summed E-state index contributed by atoms with van der Waals surface area (Å²) in [6, 6.07) is 8.46. The molecule has 1 aromatic carbocycles. The predicted molar refractivity (Wildman–Crippen MR) is 88.6 cm³/mol. The third-order valence-electron chi connectivity index (χ3n) is 4.66. The lowest BCUT2D eigenvalue weighted by molar-refractivity contribution is 0.159. The summed E-state index contributed by atoms with van der Waals surface area (Å²) in [5.74, 6) is 0.866. The molecule has 1 fully saturated rings. The first-order valence-electron chi connectivity index (χ1n) is 7.79. The zero-order valence-electron chi connectivity index (χ0n) is 13.6. The molecule has 2 N–H and O–H groups in total. The summed E-state index contributed by atoms with van der Waals surface area (Å²) in [6.45, 7) is 10.7. The molecule has 1 saturated heterocycles. The molecule has 3 heteroatoms. The lowest BCUT2D eigenvalue weighted by atomic mass is 9.79. The number of likely N-dealkylation sites (tertiary alicyclic amines) is 1. The Morgan fingerprint density at radius 2 is 1.90 bits per heavy atom. The number of nitrogens with zero attached hydrogens (tertiary/aromatic N) is 1. The van der Waals surface area contributed by atoms with Crippen molar-refractivity contribution in [3.8, 4) is 5.75 Å². The maximum Gasteiger partial charge on any atom is 0.118 e. The minimum atomic E-state index is -0.400. The fourth-order valence-corrected chi connectivity index (χ4v) is 3.35.